The lowest BCUT2D eigenvalue weighted by atomic mass is 10.2. The molecule has 20 heavy (non-hydrogen) atoms. The Kier molecular flexibility index (Phi) is 3.40. The molecule has 5 nitrogen and oxygen atoms in total. The Morgan fingerprint density at radius 2 is 2.25 bits per heavy atom. The van der Waals surface area contributed by atoms with Gasteiger partial charge in [0.1, 0.15) is 5.75 Å². The van der Waals surface area contributed by atoms with Crippen LogP contribution in [-0.2, 0) is 11.5 Å². The van der Waals surface area contributed by atoms with Crippen LogP contribution in [0.4, 0.5) is 11.6 Å². The van der Waals surface area contributed by atoms with Crippen LogP contribution in [0.5, 0.6) is 5.75 Å². The third kappa shape index (κ3) is 2.38. The molecule has 3 rings (SSSR count). The molecule has 1 aliphatic rings. The Hall–Kier alpha value is -1.95. The van der Waals surface area contributed by atoms with Gasteiger partial charge in [0.25, 0.3) is 5.56 Å². The van der Waals surface area contributed by atoms with E-state index in [9.17, 15) is 4.79 Å². The number of aryl methyl sites for hydroxylation is 1. The molecule has 1 aliphatic heterocycles. The number of anilines is 2. The second-order valence-corrected chi connectivity index (χ2v) is 5.65. The average molecular weight is 289 g/mol. The second-order valence-electron chi connectivity index (χ2n) is 4.66. The van der Waals surface area contributed by atoms with Crippen molar-refractivity contribution < 1.29 is 4.74 Å². The summed E-state index contributed by atoms with van der Waals surface area (Å²) in [6, 6.07) is 5.82. The summed E-state index contributed by atoms with van der Waals surface area (Å²) in [6.45, 7) is 2.00. The molecule has 0 saturated heterocycles. The van der Waals surface area contributed by atoms with E-state index in [-0.39, 0.29) is 5.56 Å². The maximum absolute atomic E-state index is 12.0. The first-order valence-corrected chi connectivity index (χ1v) is 7.44. The van der Waals surface area contributed by atoms with Crippen LogP contribution in [0.15, 0.2) is 23.0 Å². The highest BCUT2D eigenvalue weighted by Crippen LogP contribution is 2.29. The Balaban J connectivity index is 1.98. The fourth-order valence-corrected chi connectivity index (χ4v) is 3.20. The van der Waals surface area contributed by atoms with E-state index in [0.29, 0.717) is 11.7 Å². The molecule has 0 bridgehead atoms. The number of hydrogen-bond donors (Lipinski definition) is 2. The third-order valence-corrected chi connectivity index (χ3v) is 4.16. The van der Waals surface area contributed by atoms with Crippen molar-refractivity contribution in [1.29, 1.82) is 0 Å². The van der Waals surface area contributed by atoms with Crippen molar-refractivity contribution in [2.45, 2.75) is 18.4 Å². The van der Waals surface area contributed by atoms with Crippen LogP contribution in [-0.4, -0.2) is 17.1 Å². The van der Waals surface area contributed by atoms with Crippen LogP contribution < -0.4 is 15.6 Å². The Morgan fingerprint density at radius 3 is 3.05 bits per heavy atom. The topological polar surface area (TPSA) is 67.0 Å². The number of H-pyrrole nitrogens is 1. The first kappa shape index (κ1) is 13.1. The van der Waals surface area contributed by atoms with Gasteiger partial charge in [-0.15, -0.1) is 0 Å². The zero-order valence-corrected chi connectivity index (χ0v) is 12.1. The Morgan fingerprint density at radius 1 is 1.40 bits per heavy atom. The van der Waals surface area contributed by atoms with E-state index in [0.717, 1.165) is 34.0 Å². The number of benzene rings is 1. The Labute approximate surface area is 120 Å². The number of aromatic nitrogens is 2. The maximum atomic E-state index is 12.0. The first-order chi connectivity index (χ1) is 9.67. The van der Waals surface area contributed by atoms with Crippen LogP contribution >= 0.6 is 11.8 Å². The van der Waals surface area contributed by atoms with E-state index in [1.165, 1.54) is 0 Å². The number of nitrogens with zero attached hydrogens (tertiary/aromatic N) is 1. The van der Waals surface area contributed by atoms with Crippen molar-refractivity contribution in [3.05, 3.63) is 45.4 Å². The van der Waals surface area contributed by atoms with Gasteiger partial charge in [-0.1, -0.05) is 6.07 Å². The fraction of sp³-hybridized carbons (Fsp3) is 0.286. The van der Waals surface area contributed by atoms with Crippen LogP contribution in [0.2, 0.25) is 0 Å². The summed E-state index contributed by atoms with van der Waals surface area (Å²) in [4.78, 5) is 19.2. The highest BCUT2D eigenvalue weighted by molar-refractivity contribution is 7.98. The van der Waals surface area contributed by atoms with Gasteiger partial charge in [0.15, 0.2) is 0 Å². The number of nitrogens with one attached hydrogen (secondary N) is 2. The van der Waals surface area contributed by atoms with Gasteiger partial charge in [-0.2, -0.15) is 11.8 Å². The quantitative estimate of drug-likeness (QED) is 0.909. The van der Waals surface area contributed by atoms with Gasteiger partial charge in [-0.25, -0.2) is 4.98 Å². The van der Waals surface area contributed by atoms with E-state index < -0.39 is 0 Å². The number of fused-ring (bicyclic) bond motifs is 1. The number of thioether (sulfide) groups is 1. The molecular formula is C14H15N3O2S. The molecule has 0 aliphatic carbocycles. The van der Waals surface area contributed by atoms with Gasteiger partial charge in [-0.05, 0) is 24.6 Å². The van der Waals surface area contributed by atoms with Gasteiger partial charge in [-0.3, -0.25) is 9.78 Å². The van der Waals surface area contributed by atoms with E-state index >= 15 is 0 Å². The maximum Gasteiger partial charge on any atom is 0.256 e. The molecule has 6 heteroatoms. The Bertz CT molecular complexity index is 712. The second kappa shape index (κ2) is 5.20. The molecule has 1 aromatic heterocycles. The molecule has 2 heterocycles. The first-order valence-electron chi connectivity index (χ1n) is 6.29. The zero-order valence-electron chi connectivity index (χ0n) is 11.3. The number of aromatic amines is 1. The normalized spacial score (nSPS) is 13.1. The van der Waals surface area contributed by atoms with Crippen molar-refractivity contribution >= 4 is 23.4 Å². The SMILES string of the molecule is COc1ccc(C)cc1Nc1nc2c(c(=O)[nH]1)CSC2. The van der Waals surface area contributed by atoms with Crippen molar-refractivity contribution in [2.75, 3.05) is 12.4 Å². The smallest absolute Gasteiger partial charge is 0.256 e. The molecule has 1 aromatic carbocycles. The lowest BCUT2D eigenvalue weighted by Crippen LogP contribution is -2.16. The summed E-state index contributed by atoms with van der Waals surface area (Å²) in [5.74, 6) is 2.71. The van der Waals surface area contributed by atoms with Gasteiger partial charge >= 0.3 is 0 Å². The number of ether oxygens (including phenoxy) is 1. The molecule has 0 radical (unpaired) electrons. The monoisotopic (exact) mass is 289 g/mol. The molecular weight excluding hydrogens is 274 g/mol. The number of rotatable bonds is 3. The van der Waals surface area contributed by atoms with E-state index in [4.69, 9.17) is 4.74 Å². The molecule has 2 N–H and O–H groups in total. The lowest BCUT2D eigenvalue weighted by Gasteiger charge is -2.11. The van der Waals surface area contributed by atoms with Crippen molar-refractivity contribution in [1.82, 2.24) is 9.97 Å². The minimum Gasteiger partial charge on any atom is -0.495 e. The number of hydrogen-bond acceptors (Lipinski definition) is 5. The average Bonchev–Trinajstić information content (AvgIpc) is 2.88. The minimum atomic E-state index is -0.0610. The zero-order chi connectivity index (χ0) is 14.1. The van der Waals surface area contributed by atoms with Gasteiger partial charge in [0.2, 0.25) is 5.95 Å². The molecule has 0 fully saturated rings. The largest absolute Gasteiger partial charge is 0.495 e. The highest BCUT2D eigenvalue weighted by atomic mass is 32.2. The van der Waals surface area contributed by atoms with Crippen molar-refractivity contribution in [3.63, 3.8) is 0 Å². The minimum absolute atomic E-state index is 0.0610. The summed E-state index contributed by atoms with van der Waals surface area (Å²) >= 11 is 1.71. The standard InChI is InChI=1S/C14H15N3O2S/c1-8-3-4-12(19-2)10(5-8)15-14-16-11-7-20-6-9(11)13(18)17-14/h3-5H,6-7H2,1-2H3,(H2,15,16,17,18). The molecule has 104 valence electrons. The van der Waals surface area contributed by atoms with E-state index in [2.05, 4.69) is 15.3 Å². The molecule has 0 unspecified atom stereocenters. The van der Waals surface area contributed by atoms with Gasteiger partial charge < -0.3 is 10.1 Å². The van der Waals surface area contributed by atoms with Crippen molar-refractivity contribution in [2.24, 2.45) is 0 Å². The predicted octanol–water partition coefficient (Wildman–Crippen LogP) is 2.58. The summed E-state index contributed by atoms with van der Waals surface area (Å²) in [6.07, 6.45) is 0. The third-order valence-electron chi connectivity index (χ3n) is 3.19. The van der Waals surface area contributed by atoms with Crippen LogP contribution in [0.3, 0.4) is 0 Å². The molecule has 0 amide bonds. The summed E-state index contributed by atoms with van der Waals surface area (Å²) in [7, 11) is 1.62. The van der Waals surface area contributed by atoms with Gasteiger partial charge in [0.05, 0.1) is 18.5 Å². The van der Waals surface area contributed by atoms with Crippen molar-refractivity contribution in [3.8, 4) is 5.75 Å². The fourth-order valence-electron chi connectivity index (χ4n) is 2.17. The van der Waals surface area contributed by atoms with Crippen LogP contribution in [0.25, 0.3) is 0 Å². The van der Waals surface area contributed by atoms with Crippen LogP contribution in [0, 0.1) is 6.92 Å². The summed E-state index contributed by atoms with van der Waals surface area (Å²) in [5, 5.41) is 3.13. The van der Waals surface area contributed by atoms with Gasteiger partial charge in [0, 0.05) is 17.1 Å². The highest BCUT2D eigenvalue weighted by Gasteiger charge is 2.18. The molecule has 0 spiro atoms. The van der Waals surface area contributed by atoms with Crippen LogP contribution in [0.1, 0.15) is 16.8 Å². The summed E-state index contributed by atoms with van der Waals surface area (Å²) in [5.41, 5.74) is 3.49. The summed E-state index contributed by atoms with van der Waals surface area (Å²) < 4.78 is 5.31. The molecule has 0 saturated carbocycles. The molecule has 0 atom stereocenters. The van der Waals surface area contributed by atoms with E-state index in [1.54, 1.807) is 18.9 Å². The number of methoxy groups -OCH3 is 1. The lowest BCUT2D eigenvalue weighted by molar-refractivity contribution is 0.416. The van der Waals surface area contributed by atoms with E-state index in [1.807, 2.05) is 25.1 Å². The predicted molar refractivity (Wildman–Crippen MR) is 80.9 cm³/mol. The molecule has 2 aromatic rings.